The molecule has 8 heteroatoms. The van der Waals surface area contributed by atoms with Crippen LogP contribution in [0.1, 0.15) is 49.1 Å². The first-order valence-corrected chi connectivity index (χ1v) is 10.4. The highest BCUT2D eigenvalue weighted by atomic mass is 16.5. The van der Waals surface area contributed by atoms with E-state index in [0.29, 0.717) is 17.4 Å². The summed E-state index contributed by atoms with van der Waals surface area (Å²) in [4.78, 5) is 16.9. The fourth-order valence-electron chi connectivity index (χ4n) is 4.32. The number of rotatable bonds is 4. The Kier molecular flexibility index (Phi) is 5.01. The molecule has 0 radical (unpaired) electrons. The lowest BCUT2D eigenvalue weighted by Gasteiger charge is -2.22. The maximum atomic E-state index is 12.5. The lowest BCUT2D eigenvalue weighted by atomic mass is 9.99. The number of nitrogens with zero attached hydrogens (tertiary/aromatic N) is 4. The van der Waals surface area contributed by atoms with Crippen LogP contribution in [0.5, 0.6) is 0 Å². The average Bonchev–Trinajstić information content (AvgIpc) is 3.28. The maximum Gasteiger partial charge on any atom is 0.229 e. The van der Waals surface area contributed by atoms with Gasteiger partial charge in [0.1, 0.15) is 23.6 Å². The molecule has 1 atom stereocenters. The van der Waals surface area contributed by atoms with Gasteiger partial charge in [0.05, 0.1) is 0 Å². The number of aromatic nitrogens is 4. The molecule has 2 aromatic heterocycles. The average molecular weight is 395 g/mol. The molecule has 1 saturated heterocycles. The van der Waals surface area contributed by atoms with Crippen molar-refractivity contribution in [2.24, 2.45) is 0 Å². The summed E-state index contributed by atoms with van der Waals surface area (Å²) in [7, 11) is 0. The second-order valence-electron chi connectivity index (χ2n) is 7.86. The van der Waals surface area contributed by atoms with Crippen molar-refractivity contribution < 1.29 is 13.9 Å². The van der Waals surface area contributed by atoms with Crippen molar-refractivity contribution in [3.8, 4) is 0 Å². The number of nitrogens with one attached hydrogen (secondary N) is 1. The number of aryl methyl sites for hydroxylation is 1. The second kappa shape index (κ2) is 7.94. The zero-order valence-electron chi connectivity index (χ0n) is 16.3. The Morgan fingerprint density at radius 3 is 2.86 bits per heavy atom. The van der Waals surface area contributed by atoms with E-state index in [2.05, 4.69) is 25.1 Å². The minimum absolute atomic E-state index is 0.0520. The number of oxazole rings is 1. The Labute approximate surface area is 168 Å². The molecule has 1 aromatic carbocycles. The van der Waals surface area contributed by atoms with Gasteiger partial charge in [-0.05, 0) is 37.8 Å². The van der Waals surface area contributed by atoms with Crippen LogP contribution in [0.3, 0.4) is 0 Å². The molecule has 4 heterocycles. The molecular weight excluding hydrogens is 370 g/mol. The zero-order valence-corrected chi connectivity index (χ0v) is 16.3. The fourth-order valence-corrected chi connectivity index (χ4v) is 4.32. The van der Waals surface area contributed by atoms with Gasteiger partial charge in [0.25, 0.3) is 0 Å². The topological polar surface area (TPSA) is 95.1 Å². The van der Waals surface area contributed by atoms with Gasteiger partial charge in [0.15, 0.2) is 5.58 Å². The first-order chi connectivity index (χ1) is 14.3. The number of benzene rings is 1. The first-order valence-electron chi connectivity index (χ1n) is 10.4. The van der Waals surface area contributed by atoms with Crippen LogP contribution in [0.2, 0.25) is 0 Å². The molecular formula is C21H25N5O3. The summed E-state index contributed by atoms with van der Waals surface area (Å²) in [5.74, 6) is 2.94. The Hall–Kier alpha value is -2.74. The minimum Gasteiger partial charge on any atom is -0.440 e. The third kappa shape index (κ3) is 3.89. The molecule has 152 valence electrons. The number of hydrogen-bond donors (Lipinski definition) is 1. The molecule has 1 fully saturated rings. The van der Waals surface area contributed by atoms with Crippen molar-refractivity contribution in [3.05, 3.63) is 41.8 Å². The third-order valence-electron chi connectivity index (χ3n) is 5.88. The summed E-state index contributed by atoms with van der Waals surface area (Å²) < 4.78 is 13.4. The van der Waals surface area contributed by atoms with E-state index in [1.54, 1.807) is 0 Å². The number of fused-ring (bicyclic) bond motifs is 2. The summed E-state index contributed by atoms with van der Waals surface area (Å²) in [6, 6.07) is 7.68. The van der Waals surface area contributed by atoms with E-state index in [1.165, 1.54) is 0 Å². The van der Waals surface area contributed by atoms with E-state index >= 15 is 0 Å². The van der Waals surface area contributed by atoms with Crippen molar-refractivity contribution in [1.29, 1.82) is 0 Å². The van der Waals surface area contributed by atoms with E-state index in [9.17, 15) is 4.79 Å². The van der Waals surface area contributed by atoms with Gasteiger partial charge < -0.3 is 19.0 Å². The monoisotopic (exact) mass is 395 g/mol. The number of amides is 1. The number of hydrogen-bond acceptors (Lipinski definition) is 6. The number of para-hydroxylation sites is 2. The molecule has 2 aliphatic heterocycles. The van der Waals surface area contributed by atoms with Crippen LogP contribution in [-0.4, -0.2) is 44.9 Å². The van der Waals surface area contributed by atoms with E-state index in [1.807, 2.05) is 24.3 Å². The van der Waals surface area contributed by atoms with Gasteiger partial charge >= 0.3 is 0 Å². The highest BCUT2D eigenvalue weighted by Crippen LogP contribution is 2.28. The van der Waals surface area contributed by atoms with Crippen molar-refractivity contribution >= 4 is 17.0 Å². The molecule has 8 nitrogen and oxygen atoms in total. The van der Waals surface area contributed by atoms with Crippen LogP contribution in [0.15, 0.2) is 28.7 Å². The lowest BCUT2D eigenvalue weighted by molar-refractivity contribution is -0.121. The smallest absolute Gasteiger partial charge is 0.229 e. The largest absolute Gasteiger partial charge is 0.440 e. The van der Waals surface area contributed by atoms with Crippen molar-refractivity contribution in [1.82, 2.24) is 25.1 Å². The molecule has 0 spiro atoms. The van der Waals surface area contributed by atoms with Crippen molar-refractivity contribution in [3.63, 3.8) is 0 Å². The first kappa shape index (κ1) is 18.3. The predicted molar refractivity (Wildman–Crippen MR) is 105 cm³/mol. The number of carbonyl (C=O) groups excluding carboxylic acids is 1. The highest BCUT2D eigenvalue weighted by Gasteiger charge is 2.26. The van der Waals surface area contributed by atoms with Gasteiger partial charge in [-0.25, -0.2) is 4.98 Å². The molecule has 2 aliphatic rings. The standard InChI is InChI=1S/C21H25N5O3/c27-19(13-20-23-16-3-1-2-4-17(16)29-20)22-15-5-6-18-24-25-21(26(18)10-7-15)14-8-11-28-12-9-14/h1-4,14-15H,5-13H2,(H,22,27). The molecule has 1 amide bonds. The Bertz CT molecular complexity index is 972. The fraction of sp³-hybridized carbons (Fsp3) is 0.524. The molecule has 0 aliphatic carbocycles. The molecule has 0 saturated carbocycles. The van der Waals surface area contributed by atoms with Crippen molar-refractivity contribution in [2.75, 3.05) is 13.2 Å². The SMILES string of the molecule is O=C(Cc1nc2ccccc2o1)NC1CCc2nnc(C3CCOCC3)n2CC1. The van der Waals surface area contributed by atoms with Crippen LogP contribution >= 0.6 is 0 Å². The molecule has 3 aromatic rings. The summed E-state index contributed by atoms with van der Waals surface area (Å²) in [5, 5.41) is 12.1. The molecule has 29 heavy (non-hydrogen) atoms. The summed E-state index contributed by atoms with van der Waals surface area (Å²) in [6.45, 7) is 2.42. The Balaban J connectivity index is 1.20. The van der Waals surface area contributed by atoms with Crippen LogP contribution in [0, 0.1) is 0 Å². The maximum absolute atomic E-state index is 12.5. The van der Waals surface area contributed by atoms with E-state index in [-0.39, 0.29) is 18.4 Å². The predicted octanol–water partition coefficient (Wildman–Crippen LogP) is 2.38. The van der Waals surface area contributed by atoms with Gasteiger partial charge in [-0.3, -0.25) is 4.79 Å². The molecule has 1 N–H and O–H groups in total. The van der Waals surface area contributed by atoms with E-state index < -0.39 is 0 Å². The molecule has 5 rings (SSSR count). The van der Waals surface area contributed by atoms with E-state index in [0.717, 1.165) is 69.0 Å². The summed E-state index contributed by atoms with van der Waals surface area (Å²) >= 11 is 0. The summed E-state index contributed by atoms with van der Waals surface area (Å²) in [6.07, 6.45) is 4.73. The normalized spacial score (nSPS) is 20.3. The van der Waals surface area contributed by atoms with Gasteiger partial charge in [-0.2, -0.15) is 0 Å². The van der Waals surface area contributed by atoms with Crippen molar-refractivity contribution in [2.45, 2.75) is 57.0 Å². The van der Waals surface area contributed by atoms with E-state index in [4.69, 9.17) is 9.15 Å². The van der Waals surface area contributed by atoms with Crippen LogP contribution in [0.25, 0.3) is 11.1 Å². The van der Waals surface area contributed by atoms with Gasteiger partial charge in [0.2, 0.25) is 11.8 Å². The van der Waals surface area contributed by atoms with Gasteiger partial charge in [-0.1, -0.05) is 12.1 Å². The van der Waals surface area contributed by atoms with Gasteiger partial charge in [-0.15, -0.1) is 10.2 Å². The highest BCUT2D eigenvalue weighted by molar-refractivity contribution is 5.79. The van der Waals surface area contributed by atoms with Crippen LogP contribution in [-0.2, 0) is 28.9 Å². The van der Waals surface area contributed by atoms with Crippen LogP contribution in [0.4, 0.5) is 0 Å². The van der Waals surface area contributed by atoms with Crippen LogP contribution < -0.4 is 5.32 Å². The molecule has 1 unspecified atom stereocenters. The number of carbonyl (C=O) groups is 1. The summed E-state index contributed by atoms with van der Waals surface area (Å²) in [5.41, 5.74) is 1.49. The minimum atomic E-state index is -0.0520. The Morgan fingerprint density at radius 1 is 1.14 bits per heavy atom. The number of ether oxygens (including phenoxy) is 1. The third-order valence-corrected chi connectivity index (χ3v) is 5.88. The zero-order chi connectivity index (χ0) is 19.6. The lowest BCUT2D eigenvalue weighted by Crippen LogP contribution is -2.36. The quantitative estimate of drug-likeness (QED) is 0.729. The van der Waals surface area contributed by atoms with Gasteiger partial charge in [0, 0.05) is 38.1 Å². The Morgan fingerprint density at radius 2 is 2.00 bits per heavy atom. The molecule has 0 bridgehead atoms. The second-order valence-corrected chi connectivity index (χ2v) is 7.86.